The number of nitro benzene ring substituents is 1. The molecule has 1 saturated carbocycles. The summed E-state index contributed by atoms with van der Waals surface area (Å²) in [7, 11) is 2.11. The maximum Gasteiger partial charge on any atom is 0.270 e. The van der Waals surface area contributed by atoms with Crippen LogP contribution in [-0.2, 0) is 0 Å². The van der Waals surface area contributed by atoms with E-state index in [-0.39, 0.29) is 5.69 Å². The fourth-order valence-electron chi connectivity index (χ4n) is 2.35. The minimum absolute atomic E-state index is 0.0513. The number of likely N-dealkylation sites (N-methyl/N-ethyl adjacent to an activating group) is 1. The third kappa shape index (κ3) is 3.08. The Morgan fingerprint density at radius 3 is 2.95 bits per heavy atom. The molecular formula is C14H17N5O2. The van der Waals surface area contributed by atoms with Crippen molar-refractivity contribution in [2.24, 2.45) is 0 Å². The Bertz CT molecular complexity index is 671. The van der Waals surface area contributed by atoms with Crippen molar-refractivity contribution in [1.29, 1.82) is 0 Å². The summed E-state index contributed by atoms with van der Waals surface area (Å²) in [6.45, 7) is 1.67. The first-order valence-corrected chi connectivity index (χ1v) is 6.98. The van der Waals surface area contributed by atoms with Crippen LogP contribution in [0, 0.1) is 10.1 Å². The summed E-state index contributed by atoms with van der Waals surface area (Å²) in [5.41, 5.74) is 0.754. The van der Waals surface area contributed by atoms with Gasteiger partial charge in [-0.05, 0) is 26.0 Å². The van der Waals surface area contributed by atoms with Crippen LogP contribution in [0.4, 0.5) is 11.5 Å². The number of anilines is 1. The second-order valence-corrected chi connectivity index (χ2v) is 5.32. The van der Waals surface area contributed by atoms with Crippen molar-refractivity contribution in [3.63, 3.8) is 0 Å². The number of nitrogens with one attached hydrogen (secondary N) is 1. The highest BCUT2D eigenvalue weighted by Crippen LogP contribution is 2.26. The van der Waals surface area contributed by atoms with Crippen LogP contribution in [0.25, 0.3) is 10.9 Å². The van der Waals surface area contributed by atoms with Crippen molar-refractivity contribution >= 4 is 22.4 Å². The number of nitro groups is 1. The molecule has 7 nitrogen and oxygen atoms in total. The molecule has 0 radical (unpaired) electrons. The third-order valence-electron chi connectivity index (χ3n) is 3.76. The smallest absolute Gasteiger partial charge is 0.270 e. The summed E-state index contributed by atoms with van der Waals surface area (Å²) >= 11 is 0. The second-order valence-electron chi connectivity index (χ2n) is 5.32. The normalized spacial score (nSPS) is 14.6. The summed E-state index contributed by atoms with van der Waals surface area (Å²) < 4.78 is 0. The lowest BCUT2D eigenvalue weighted by atomic mass is 10.2. The van der Waals surface area contributed by atoms with E-state index in [1.807, 2.05) is 0 Å². The molecule has 1 N–H and O–H groups in total. The van der Waals surface area contributed by atoms with Gasteiger partial charge in [0.2, 0.25) is 0 Å². The van der Waals surface area contributed by atoms with Gasteiger partial charge in [0, 0.05) is 36.7 Å². The monoisotopic (exact) mass is 287 g/mol. The molecule has 1 aromatic heterocycles. The zero-order chi connectivity index (χ0) is 14.8. The topological polar surface area (TPSA) is 84.2 Å². The first-order valence-electron chi connectivity index (χ1n) is 6.98. The van der Waals surface area contributed by atoms with Crippen molar-refractivity contribution in [3.8, 4) is 0 Å². The van der Waals surface area contributed by atoms with Gasteiger partial charge in [0.1, 0.15) is 12.1 Å². The molecule has 0 unspecified atom stereocenters. The molecule has 3 rings (SSSR count). The van der Waals surface area contributed by atoms with Crippen LogP contribution >= 0.6 is 0 Å². The molecule has 7 heteroatoms. The maximum atomic E-state index is 10.9. The van der Waals surface area contributed by atoms with E-state index in [2.05, 4.69) is 27.2 Å². The van der Waals surface area contributed by atoms with Crippen LogP contribution in [0.5, 0.6) is 0 Å². The number of benzene rings is 1. The number of hydrogen-bond donors (Lipinski definition) is 1. The number of non-ortho nitro benzene ring substituents is 1. The summed E-state index contributed by atoms with van der Waals surface area (Å²) in [6.07, 6.45) is 4.03. The van der Waals surface area contributed by atoms with E-state index < -0.39 is 4.92 Å². The standard InChI is InChI=1S/C14H17N5O2/c1-18(10-2-3-10)7-6-15-14-12-8-11(19(20)21)4-5-13(12)16-9-17-14/h4-5,8-10H,2-3,6-7H2,1H3,(H,15,16,17). The van der Waals surface area contributed by atoms with Crippen LogP contribution in [-0.4, -0.2) is 46.0 Å². The predicted molar refractivity (Wildman–Crippen MR) is 80.3 cm³/mol. The van der Waals surface area contributed by atoms with Gasteiger partial charge in [-0.15, -0.1) is 0 Å². The Labute approximate surface area is 122 Å². The molecule has 0 spiro atoms. The van der Waals surface area contributed by atoms with Gasteiger partial charge in [0.15, 0.2) is 0 Å². The van der Waals surface area contributed by atoms with Crippen LogP contribution < -0.4 is 5.32 Å². The highest BCUT2D eigenvalue weighted by atomic mass is 16.6. The summed E-state index contributed by atoms with van der Waals surface area (Å²) in [5.74, 6) is 0.646. The quantitative estimate of drug-likeness (QED) is 0.646. The lowest BCUT2D eigenvalue weighted by Gasteiger charge is -2.16. The first kappa shape index (κ1) is 13.7. The van der Waals surface area contributed by atoms with Gasteiger partial charge in [0.05, 0.1) is 10.4 Å². The Hall–Kier alpha value is -2.28. The molecule has 1 heterocycles. The van der Waals surface area contributed by atoms with E-state index in [0.29, 0.717) is 16.7 Å². The van der Waals surface area contributed by atoms with Gasteiger partial charge in [-0.2, -0.15) is 0 Å². The number of nitrogens with zero attached hydrogens (tertiary/aromatic N) is 4. The molecule has 0 saturated heterocycles. The van der Waals surface area contributed by atoms with Gasteiger partial charge < -0.3 is 10.2 Å². The average Bonchev–Trinajstić information content (AvgIpc) is 3.31. The van der Waals surface area contributed by atoms with Crippen molar-refractivity contribution < 1.29 is 4.92 Å². The Balaban J connectivity index is 1.76. The molecule has 1 aliphatic carbocycles. The van der Waals surface area contributed by atoms with E-state index in [0.717, 1.165) is 19.1 Å². The van der Waals surface area contributed by atoms with E-state index in [1.165, 1.54) is 31.3 Å². The SMILES string of the molecule is CN(CCNc1ncnc2ccc([N+](=O)[O-])cc12)C1CC1. The molecule has 2 aromatic rings. The van der Waals surface area contributed by atoms with E-state index in [9.17, 15) is 10.1 Å². The largest absolute Gasteiger partial charge is 0.368 e. The predicted octanol–water partition coefficient (Wildman–Crippen LogP) is 2.04. The van der Waals surface area contributed by atoms with E-state index >= 15 is 0 Å². The molecule has 0 aliphatic heterocycles. The zero-order valence-electron chi connectivity index (χ0n) is 11.8. The third-order valence-corrected chi connectivity index (χ3v) is 3.76. The molecule has 110 valence electrons. The molecule has 1 aromatic carbocycles. The van der Waals surface area contributed by atoms with Gasteiger partial charge in [0.25, 0.3) is 5.69 Å². The minimum atomic E-state index is -0.406. The molecule has 21 heavy (non-hydrogen) atoms. The van der Waals surface area contributed by atoms with Crippen molar-refractivity contribution in [2.45, 2.75) is 18.9 Å². The van der Waals surface area contributed by atoms with Crippen molar-refractivity contribution in [3.05, 3.63) is 34.6 Å². The molecule has 0 atom stereocenters. The van der Waals surface area contributed by atoms with Crippen LogP contribution in [0.15, 0.2) is 24.5 Å². The van der Waals surface area contributed by atoms with Crippen LogP contribution in [0.1, 0.15) is 12.8 Å². The van der Waals surface area contributed by atoms with Gasteiger partial charge >= 0.3 is 0 Å². The Kier molecular flexibility index (Phi) is 3.66. The van der Waals surface area contributed by atoms with Gasteiger partial charge in [-0.3, -0.25) is 10.1 Å². The van der Waals surface area contributed by atoms with E-state index in [1.54, 1.807) is 6.07 Å². The Morgan fingerprint density at radius 2 is 2.24 bits per heavy atom. The second kappa shape index (κ2) is 5.61. The zero-order valence-corrected chi connectivity index (χ0v) is 11.8. The number of rotatable bonds is 6. The molecule has 1 fully saturated rings. The van der Waals surface area contributed by atoms with Crippen molar-refractivity contribution in [1.82, 2.24) is 14.9 Å². The first-order chi connectivity index (χ1) is 10.1. The van der Waals surface area contributed by atoms with Crippen LogP contribution in [0.3, 0.4) is 0 Å². The molecule has 1 aliphatic rings. The molecule has 0 bridgehead atoms. The number of hydrogen-bond acceptors (Lipinski definition) is 6. The van der Waals surface area contributed by atoms with Gasteiger partial charge in [-0.1, -0.05) is 0 Å². The molecule has 0 amide bonds. The maximum absolute atomic E-state index is 10.9. The van der Waals surface area contributed by atoms with Crippen LogP contribution in [0.2, 0.25) is 0 Å². The number of fused-ring (bicyclic) bond motifs is 1. The highest BCUT2D eigenvalue weighted by Gasteiger charge is 2.25. The fraction of sp³-hybridized carbons (Fsp3) is 0.429. The van der Waals surface area contributed by atoms with Crippen molar-refractivity contribution in [2.75, 3.05) is 25.5 Å². The fourth-order valence-corrected chi connectivity index (χ4v) is 2.35. The number of aromatic nitrogens is 2. The Morgan fingerprint density at radius 1 is 1.43 bits per heavy atom. The summed E-state index contributed by atoms with van der Waals surface area (Å²) in [5, 5.41) is 14.8. The lowest BCUT2D eigenvalue weighted by molar-refractivity contribution is -0.384. The minimum Gasteiger partial charge on any atom is -0.368 e. The molecular weight excluding hydrogens is 270 g/mol. The lowest BCUT2D eigenvalue weighted by Crippen LogP contribution is -2.27. The summed E-state index contributed by atoms with van der Waals surface area (Å²) in [4.78, 5) is 21.1. The highest BCUT2D eigenvalue weighted by molar-refractivity contribution is 5.90. The summed E-state index contributed by atoms with van der Waals surface area (Å²) in [6, 6.07) is 5.34. The average molecular weight is 287 g/mol. The van der Waals surface area contributed by atoms with E-state index in [4.69, 9.17) is 0 Å². The van der Waals surface area contributed by atoms with Gasteiger partial charge in [-0.25, -0.2) is 9.97 Å².